The second-order valence-electron chi connectivity index (χ2n) is 8.06. The molecule has 7 nitrogen and oxygen atoms in total. The quantitative estimate of drug-likeness (QED) is 0.686. The first-order valence-corrected chi connectivity index (χ1v) is 10.5. The van der Waals surface area contributed by atoms with Crippen LogP contribution in [-0.2, 0) is 10.2 Å². The fourth-order valence-corrected chi connectivity index (χ4v) is 4.31. The first-order valence-electron chi connectivity index (χ1n) is 10.5. The Morgan fingerprint density at radius 1 is 1.06 bits per heavy atom. The number of rotatable bonds is 5. The van der Waals surface area contributed by atoms with Crippen LogP contribution in [0.2, 0.25) is 0 Å². The van der Waals surface area contributed by atoms with E-state index in [1.807, 2.05) is 55.5 Å². The largest absolute Gasteiger partial charge is 0.454 e. The first-order chi connectivity index (χ1) is 15.1. The van der Waals surface area contributed by atoms with Crippen LogP contribution in [0.1, 0.15) is 34.6 Å². The molecular weight excluding hydrogens is 394 g/mol. The lowest BCUT2D eigenvalue weighted by atomic mass is 9.74. The number of hydrogen-bond acceptors (Lipinski definition) is 5. The Kier molecular flexibility index (Phi) is 5.11. The molecule has 0 unspecified atom stereocenters. The van der Waals surface area contributed by atoms with Gasteiger partial charge in [-0.2, -0.15) is 5.10 Å². The van der Waals surface area contributed by atoms with Crippen LogP contribution in [0.15, 0.2) is 54.6 Å². The van der Waals surface area contributed by atoms with Crippen LogP contribution in [0.25, 0.3) is 5.69 Å². The Labute approximate surface area is 180 Å². The molecule has 1 N–H and O–H groups in total. The molecule has 7 heteroatoms. The van der Waals surface area contributed by atoms with E-state index in [2.05, 4.69) is 16.5 Å². The van der Waals surface area contributed by atoms with Gasteiger partial charge in [-0.25, -0.2) is 4.68 Å². The number of carbonyl (C=O) groups is 1. The van der Waals surface area contributed by atoms with Crippen molar-refractivity contribution >= 4 is 5.91 Å². The molecule has 1 fully saturated rings. The van der Waals surface area contributed by atoms with Crippen molar-refractivity contribution in [2.75, 3.05) is 26.6 Å². The molecule has 1 saturated heterocycles. The maximum absolute atomic E-state index is 13.0. The Balaban J connectivity index is 1.36. The molecule has 2 aromatic carbocycles. The third-order valence-electron chi connectivity index (χ3n) is 6.14. The zero-order valence-electron chi connectivity index (χ0n) is 17.5. The van der Waals surface area contributed by atoms with Gasteiger partial charge in [-0.05, 0) is 55.7 Å². The predicted molar refractivity (Wildman–Crippen MR) is 115 cm³/mol. The summed E-state index contributed by atoms with van der Waals surface area (Å²) < 4.78 is 18.4. The van der Waals surface area contributed by atoms with Crippen LogP contribution < -0.4 is 14.8 Å². The number of benzene rings is 2. The number of para-hydroxylation sites is 1. The Morgan fingerprint density at radius 3 is 2.65 bits per heavy atom. The standard InChI is InChI=1S/C24H25N3O4/c1-17-13-20(26-27(17)19-5-3-2-4-6-19)23(28)25-15-24(9-11-29-12-10-24)18-7-8-21-22(14-18)31-16-30-21/h2-8,13-14H,9-12,15-16H2,1H3,(H,25,28). The summed E-state index contributed by atoms with van der Waals surface area (Å²) in [6.45, 7) is 4.02. The second-order valence-corrected chi connectivity index (χ2v) is 8.06. The van der Waals surface area contributed by atoms with Crippen molar-refractivity contribution in [2.24, 2.45) is 0 Å². The lowest BCUT2D eigenvalue weighted by molar-refractivity contribution is 0.0486. The second kappa shape index (κ2) is 8.07. The number of nitrogens with one attached hydrogen (secondary N) is 1. The average Bonchev–Trinajstić information content (AvgIpc) is 3.44. The lowest BCUT2D eigenvalue weighted by Gasteiger charge is -2.38. The minimum Gasteiger partial charge on any atom is -0.454 e. The van der Waals surface area contributed by atoms with Gasteiger partial charge in [-0.1, -0.05) is 24.3 Å². The van der Waals surface area contributed by atoms with Gasteiger partial charge in [-0.15, -0.1) is 0 Å². The van der Waals surface area contributed by atoms with Crippen molar-refractivity contribution in [1.82, 2.24) is 15.1 Å². The van der Waals surface area contributed by atoms with E-state index >= 15 is 0 Å². The van der Waals surface area contributed by atoms with E-state index in [0.717, 1.165) is 41.3 Å². The van der Waals surface area contributed by atoms with Gasteiger partial charge in [0.1, 0.15) is 0 Å². The summed E-state index contributed by atoms with van der Waals surface area (Å²) in [5.41, 5.74) is 3.17. The zero-order valence-corrected chi connectivity index (χ0v) is 17.5. The summed E-state index contributed by atoms with van der Waals surface area (Å²) in [5, 5.41) is 7.66. The van der Waals surface area contributed by atoms with Gasteiger partial charge in [0.2, 0.25) is 6.79 Å². The van der Waals surface area contributed by atoms with Crippen molar-refractivity contribution in [3.8, 4) is 17.2 Å². The molecule has 0 radical (unpaired) electrons. The maximum Gasteiger partial charge on any atom is 0.271 e. The normalized spacial score (nSPS) is 16.8. The Hall–Kier alpha value is -3.32. The number of ether oxygens (including phenoxy) is 3. The molecule has 1 amide bonds. The van der Waals surface area contributed by atoms with Gasteiger partial charge >= 0.3 is 0 Å². The van der Waals surface area contributed by atoms with Gasteiger partial charge < -0.3 is 19.5 Å². The van der Waals surface area contributed by atoms with E-state index in [4.69, 9.17) is 14.2 Å². The topological polar surface area (TPSA) is 74.6 Å². The molecule has 2 aliphatic heterocycles. The highest BCUT2D eigenvalue weighted by molar-refractivity contribution is 5.92. The van der Waals surface area contributed by atoms with Gasteiger partial charge in [0.25, 0.3) is 5.91 Å². The first kappa shape index (κ1) is 19.6. The zero-order chi connectivity index (χ0) is 21.3. The van der Waals surface area contributed by atoms with Gasteiger partial charge in [-0.3, -0.25) is 4.79 Å². The van der Waals surface area contributed by atoms with Gasteiger partial charge in [0.15, 0.2) is 17.2 Å². The van der Waals surface area contributed by atoms with Crippen molar-refractivity contribution in [1.29, 1.82) is 0 Å². The average molecular weight is 419 g/mol. The third-order valence-corrected chi connectivity index (χ3v) is 6.14. The number of aryl methyl sites for hydroxylation is 1. The fourth-order valence-electron chi connectivity index (χ4n) is 4.31. The van der Waals surface area contributed by atoms with Crippen molar-refractivity contribution in [2.45, 2.75) is 25.2 Å². The molecule has 31 heavy (non-hydrogen) atoms. The molecular formula is C24H25N3O4. The summed E-state index contributed by atoms with van der Waals surface area (Å²) in [5.74, 6) is 1.34. The summed E-state index contributed by atoms with van der Waals surface area (Å²) in [4.78, 5) is 13.0. The van der Waals surface area contributed by atoms with Crippen molar-refractivity contribution < 1.29 is 19.0 Å². The van der Waals surface area contributed by atoms with Crippen LogP contribution >= 0.6 is 0 Å². The summed E-state index contributed by atoms with van der Waals surface area (Å²) in [6, 6.07) is 17.7. The minimum atomic E-state index is -0.216. The summed E-state index contributed by atoms with van der Waals surface area (Å²) in [7, 11) is 0. The van der Waals surface area contributed by atoms with Crippen LogP contribution in [0.5, 0.6) is 11.5 Å². The molecule has 0 saturated carbocycles. The Bertz CT molecular complexity index is 1090. The molecule has 0 spiro atoms. The molecule has 2 aliphatic rings. The Morgan fingerprint density at radius 2 is 1.84 bits per heavy atom. The molecule has 0 bridgehead atoms. The number of fused-ring (bicyclic) bond motifs is 1. The molecule has 160 valence electrons. The highest BCUT2D eigenvalue weighted by atomic mass is 16.7. The van der Waals surface area contributed by atoms with E-state index in [1.165, 1.54) is 0 Å². The van der Waals surface area contributed by atoms with E-state index in [-0.39, 0.29) is 18.1 Å². The smallest absolute Gasteiger partial charge is 0.271 e. The van der Waals surface area contributed by atoms with E-state index in [9.17, 15) is 4.79 Å². The molecule has 0 aliphatic carbocycles. The molecule has 0 atom stereocenters. The highest BCUT2D eigenvalue weighted by Gasteiger charge is 2.36. The minimum absolute atomic E-state index is 0.176. The van der Waals surface area contributed by atoms with E-state index < -0.39 is 0 Å². The molecule has 1 aromatic heterocycles. The molecule has 3 aromatic rings. The number of nitrogens with zero attached hydrogens (tertiary/aromatic N) is 2. The number of carbonyl (C=O) groups excluding carboxylic acids is 1. The van der Waals surface area contributed by atoms with Crippen LogP contribution in [0, 0.1) is 6.92 Å². The van der Waals surface area contributed by atoms with E-state index in [1.54, 1.807) is 4.68 Å². The van der Waals surface area contributed by atoms with Crippen molar-refractivity contribution in [3.63, 3.8) is 0 Å². The number of aromatic nitrogens is 2. The fraction of sp³-hybridized carbons (Fsp3) is 0.333. The van der Waals surface area contributed by atoms with Gasteiger partial charge in [0.05, 0.1) is 5.69 Å². The van der Waals surface area contributed by atoms with Crippen LogP contribution in [-0.4, -0.2) is 42.2 Å². The van der Waals surface area contributed by atoms with Crippen molar-refractivity contribution in [3.05, 3.63) is 71.5 Å². The maximum atomic E-state index is 13.0. The lowest BCUT2D eigenvalue weighted by Crippen LogP contribution is -2.44. The van der Waals surface area contributed by atoms with Gasteiger partial charge in [0, 0.05) is 30.9 Å². The highest BCUT2D eigenvalue weighted by Crippen LogP contribution is 2.40. The van der Waals surface area contributed by atoms with E-state index in [0.29, 0.717) is 25.5 Å². The van der Waals surface area contributed by atoms with Crippen LogP contribution in [0.3, 0.4) is 0 Å². The predicted octanol–water partition coefficient (Wildman–Crippen LogP) is 3.39. The molecule has 3 heterocycles. The number of hydrogen-bond donors (Lipinski definition) is 1. The van der Waals surface area contributed by atoms with Crippen LogP contribution in [0.4, 0.5) is 0 Å². The monoisotopic (exact) mass is 419 g/mol. The SMILES string of the molecule is Cc1cc(C(=O)NCC2(c3ccc4c(c3)OCO4)CCOCC2)nn1-c1ccccc1. The summed E-state index contributed by atoms with van der Waals surface area (Å²) >= 11 is 0. The number of amides is 1. The third kappa shape index (κ3) is 3.77. The molecule has 5 rings (SSSR count). The summed E-state index contributed by atoms with van der Waals surface area (Å²) in [6.07, 6.45) is 1.65.